The molecular weight excluding hydrogens is 190 g/mol. The van der Waals surface area contributed by atoms with Crippen molar-refractivity contribution in [3.8, 4) is 0 Å². The molecule has 0 atom stereocenters. The largest absolute Gasteiger partial charge is 0.443 e. The fourth-order valence-corrected chi connectivity index (χ4v) is 1.58. The van der Waals surface area contributed by atoms with E-state index >= 15 is 0 Å². The zero-order valence-electron chi connectivity index (χ0n) is 8.36. The Labute approximate surface area is 87.5 Å². The number of hydrogen-bond donors (Lipinski definition) is 2. The van der Waals surface area contributed by atoms with Crippen LogP contribution in [0.25, 0.3) is 11.1 Å². The van der Waals surface area contributed by atoms with Gasteiger partial charge in [-0.25, -0.2) is 4.98 Å². The van der Waals surface area contributed by atoms with Crippen molar-refractivity contribution in [3.63, 3.8) is 0 Å². The summed E-state index contributed by atoms with van der Waals surface area (Å²) < 4.78 is 5.22. The van der Waals surface area contributed by atoms with E-state index in [2.05, 4.69) is 10.3 Å². The maximum Gasteiger partial charge on any atom is 0.181 e. The van der Waals surface area contributed by atoms with Gasteiger partial charge in [-0.2, -0.15) is 0 Å². The predicted octanol–water partition coefficient (Wildman–Crippen LogP) is 1.73. The molecule has 1 aromatic carbocycles. The first-order chi connectivity index (χ1) is 7.25. The van der Waals surface area contributed by atoms with Crippen molar-refractivity contribution in [1.29, 1.82) is 0 Å². The Balaban J connectivity index is 1.78. The second-order valence-corrected chi connectivity index (χ2v) is 4.25. The average Bonchev–Trinajstić information content (AvgIpc) is 2.80. The van der Waals surface area contributed by atoms with Crippen molar-refractivity contribution in [2.24, 2.45) is 5.73 Å². The van der Waals surface area contributed by atoms with Gasteiger partial charge in [-0.1, -0.05) is 0 Å². The quantitative estimate of drug-likeness (QED) is 0.797. The molecule has 78 valence electrons. The topological polar surface area (TPSA) is 64.1 Å². The number of benzene rings is 1. The number of aromatic nitrogens is 1. The summed E-state index contributed by atoms with van der Waals surface area (Å²) in [4.78, 5) is 4.06. The fraction of sp³-hybridized carbons (Fsp3) is 0.364. The van der Waals surface area contributed by atoms with Crippen LogP contribution in [-0.4, -0.2) is 17.1 Å². The molecule has 1 saturated carbocycles. The molecule has 0 unspecified atom stereocenters. The predicted molar refractivity (Wildman–Crippen MR) is 58.7 cm³/mol. The van der Waals surface area contributed by atoms with Crippen LogP contribution >= 0.6 is 0 Å². The van der Waals surface area contributed by atoms with Crippen molar-refractivity contribution in [3.05, 3.63) is 24.6 Å². The van der Waals surface area contributed by atoms with Crippen LogP contribution in [0.4, 0.5) is 5.69 Å². The Hall–Kier alpha value is -1.55. The minimum Gasteiger partial charge on any atom is -0.443 e. The molecule has 15 heavy (non-hydrogen) atoms. The highest BCUT2D eigenvalue weighted by Gasteiger charge is 2.37. The third-order valence-corrected chi connectivity index (χ3v) is 2.87. The zero-order valence-corrected chi connectivity index (χ0v) is 8.36. The van der Waals surface area contributed by atoms with Gasteiger partial charge in [-0.3, -0.25) is 0 Å². The zero-order chi connectivity index (χ0) is 10.3. The molecule has 0 bridgehead atoms. The van der Waals surface area contributed by atoms with E-state index < -0.39 is 0 Å². The first kappa shape index (κ1) is 8.73. The standard InChI is InChI=1S/C11H13N3O/c12-11(3-4-11)6-13-8-1-2-9-10(5-8)15-7-14-9/h1-2,5,7,13H,3-4,6,12H2. The first-order valence-electron chi connectivity index (χ1n) is 5.11. The lowest BCUT2D eigenvalue weighted by Crippen LogP contribution is -2.30. The Morgan fingerprint density at radius 2 is 2.33 bits per heavy atom. The Morgan fingerprint density at radius 1 is 1.47 bits per heavy atom. The molecule has 0 spiro atoms. The summed E-state index contributed by atoms with van der Waals surface area (Å²) in [7, 11) is 0. The highest BCUT2D eigenvalue weighted by molar-refractivity contribution is 5.76. The van der Waals surface area contributed by atoms with Gasteiger partial charge in [0.2, 0.25) is 0 Å². The summed E-state index contributed by atoms with van der Waals surface area (Å²) in [5.41, 5.74) is 8.74. The van der Waals surface area contributed by atoms with Gasteiger partial charge in [0.15, 0.2) is 12.0 Å². The Bertz CT molecular complexity index is 487. The summed E-state index contributed by atoms with van der Waals surface area (Å²) in [6.45, 7) is 0.826. The van der Waals surface area contributed by atoms with Gasteiger partial charge < -0.3 is 15.5 Å². The van der Waals surface area contributed by atoms with E-state index in [1.807, 2.05) is 18.2 Å². The number of hydrogen-bond acceptors (Lipinski definition) is 4. The Morgan fingerprint density at radius 3 is 3.13 bits per heavy atom. The monoisotopic (exact) mass is 203 g/mol. The van der Waals surface area contributed by atoms with Gasteiger partial charge in [0.1, 0.15) is 5.52 Å². The van der Waals surface area contributed by atoms with Gasteiger partial charge in [0, 0.05) is 23.8 Å². The lowest BCUT2D eigenvalue weighted by atomic mass is 10.2. The molecule has 0 aliphatic heterocycles. The summed E-state index contributed by atoms with van der Waals surface area (Å²) in [5.74, 6) is 0. The molecule has 0 saturated heterocycles. The molecule has 3 N–H and O–H groups in total. The number of nitrogens with zero attached hydrogens (tertiary/aromatic N) is 1. The minimum absolute atomic E-state index is 0.0242. The van der Waals surface area contributed by atoms with Crippen LogP contribution in [-0.2, 0) is 0 Å². The van der Waals surface area contributed by atoms with Crippen molar-refractivity contribution in [2.45, 2.75) is 18.4 Å². The van der Waals surface area contributed by atoms with Crippen LogP contribution in [0.5, 0.6) is 0 Å². The number of nitrogens with one attached hydrogen (secondary N) is 1. The van der Waals surface area contributed by atoms with Gasteiger partial charge >= 0.3 is 0 Å². The third-order valence-electron chi connectivity index (χ3n) is 2.87. The van der Waals surface area contributed by atoms with Crippen molar-refractivity contribution >= 4 is 16.8 Å². The normalized spacial score (nSPS) is 17.9. The number of anilines is 1. The molecule has 1 aromatic heterocycles. The number of oxazole rings is 1. The first-order valence-corrected chi connectivity index (χ1v) is 5.11. The molecular formula is C11H13N3O. The minimum atomic E-state index is 0.0242. The molecule has 0 radical (unpaired) electrons. The van der Waals surface area contributed by atoms with Gasteiger partial charge in [0.05, 0.1) is 0 Å². The van der Waals surface area contributed by atoms with Crippen LogP contribution in [0.15, 0.2) is 29.0 Å². The SMILES string of the molecule is NC1(CNc2ccc3ncoc3c2)CC1. The summed E-state index contributed by atoms with van der Waals surface area (Å²) in [6, 6.07) is 5.89. The highest BCUT2D eigenvalue weighted by Crippen LogP contribution is 2.32. The third kappa shape index (κ3) is 1.68. The average molecular weight is 203 g/mol. The maximum atomic E-state index is 5.99. The molecule has 0 amide bonds. The number of nitrogens with two attached hydrogens (primary N) is 1. The molecule has 4 heteroatoms. The molecule has 1 aliphatic carbocycles. The van der Waals surface area contributed by atoms with E-state index in [4.69, 9.17) is 10.2 Å². The highest BCUT2D eigenvalue weighted by atomic mass is 16.3. The Kier molecular flexibility index (Phi) is 1.73. The van der Waals surface area contributed by atoms with E-state index in [1.54, 1.807) is 0 Å². The second kappa shape index (κ2) is 2.97. The lowest BCUT2D eigenvalue weighted by Gasteiger charge is -2.10. The van der Waals surface area contributed by atoms with E-state index in [9.17, 15) is 0 Å². The van der Waals surface area contributed by atoms with Gasteiger partial charge in [0.25, 0.3) is 0 Å². The van der Waals surface area contributed by atoms with Crippen molar-refractivity contribution in [1.82, 2.24) is 4.98 Å². The molecule has 1 heterocycles. The summed E-state index contributed by atoms with van der Waals surface area (Å²) in [5, 5.41) is 3.32. The fourth-order valence-electron chi connectivity index (χ4n) is 1.58. The molecule has 4 nitrogen and oxygen atoms in total. The second-order valence-electron chi connectivity index (χ2n) is 4.25. The van der Waals surface area contributed by atoms with Gasteiger partial charge in [-0.05, 0) is 25.0 Å². The molecule has 2 aromatic rings. The van der Waals surface area contributed by atoms with Crippen LogP contribution in [0, 0.1) is 0 Å². The van der Waals surface area contributed by atoms with Crippen molar-refractivity contribution < 1.29 is 4.42 Å². The molecule has 1 aliphatic rings. The summed E-state index contributed by atoms with van der Waals surface area (Å²) in [6.07, 6.45) is 3.69. The smallest absolute Gasteiger partial charge is 0.181 e. The van der Waals surface area contributed by atoms with E-state index in [-0.39, 0.29) is 5.54 Å². The van der Waals surface area contributed by atoms with Crippen LogP contribution in [0.3, 0.4) is 0 Å². The van der Waals surface area contributed by atoms with Gasteiger partial charge in [-0.15, -0.1) is 0 Å². The number of fused-ring (bicyclic) bond motifs is 1. The number of rotatable bonds is 3. The molecule has 1 fully saturated rings. The molecule has 3 rings (SSSR count). The van der Waals surface area contributed by atoms with E-state index in [0.717, 1.165) is 36.2 Å². The van der Waals surface area contributed by atoms with Crippen LogP contribution < -0.4 is 11.1 Å². The van der Waals surface area contributed by atoms with E-state index in [0.29, 0.717) is 0 Å². The maximum absolute atomic E-state index is 5.99. The lowest BCUT2D eigenvalue weighted by molar-refractivity contribution is 0.602. The van der Waals surface area contributed by atoms with Crippen LogP contribution in [0.1, 0.15) is 12.8 Å². The van der Waals surface area contributed by atoms with Crippen molar-refractivity contribution in [2.75, 3.05) is 11.9 Å². The van der Waals surface area contributed by atoms with E-state index in [1.165, 1.54) is 6.39 Å². The summed E-state index contributed by atoms with van der Waals surface area (Å²) >= 11 is 0. The van der Waals surface area contributed by atoms with Crippen LogP contribution in [0.2, 0.25) is 0 Å².